The van der Waals surface area contributed by atoms with Crippen molar-refractivity contribution in [1.29, 1.82) is 0 Å². The highest BCUT2D eigenvalue weighted by atomic mass is 16.5. The Balaban J connectivity index is 2.06. The van der Waals surface area contributed by atoms with Gasteiger partial charge in [0.25, 0.3) is 5.91 Å². The predicted octanol–water partition coefficient (Wildman–Crippen LogP) is 2.61. The Labute approximate surface area is 123 Å². The van der Waals surface area contributed by atoms with Crippen LogP contribution in [0.5, 0.6) is 0 Å². The molecule has 4 heteroatoms. The highest BCUT2D eigenvalue weighted by Crippen LogP contribution is 2.17. The zero-order chi connectivity index (χ0) is 15.1. The second-order valence-electron chi connectivity index (χ2n) is 4.60. The summed E-state index contributed by atoms with van der Waals surface area (Å²) in [4.78, 5) is 23.5. The van der Waals surface area contributed by atoms with E-state index in [9.17, 15) is 9.59 Å². The number of esters is 1. The molecule has 0 heterocycles. The molecule has 0 fully saturated rings. The van der Waals surface area contributed by atoms with Gasteiger partial charge in [-0.2, -0.15) is 0 Å². The zero-order valence-corrected chi connectivity index (χ0v) is 11.8. The van der Waals surface area contributed by atoms with Crippen LogP contribution in [-0.4, -0.2) is 11.9 Å². The molecule has 0 spiro atoms. The van der Waals surface area contributed by atoms with Gasteiger partial charge >= 0.3 is 5.97 Å². The Kier molecular flexibility index (Phi) is 5.10. The van der Waals surface area contributed by atoms with Gasteiger partial charge in [-0.3, -0.25) is 9.59 Å². The average Bonchev–Trinajstić information content (AvgIpc) is 2.52. The van der Waals surface area contributed by atoms with Crippen LogP contribution in [0.25, 0.3) is 0 Å². The van der Waals surface area contributed by atoms with E-state index in [1.165, 1.54) is 6.92 Å². The first-order chi connectivity index (χ1) is 10.2. The lowest BCUT2D eigenvalue weighted by Crippen LogP contribution is -2.31. The summed E-state index contributed by atoms with van der Waals surface area (Å²) in [6, 6.07) is 18.5. The van der Waals surface area contributed by atoms with E-state index < -0.39 is 12.1 Å². The van der Waals surface area contributed by atoms with Gasteiger partial charge < -0.3 is 10.1 Å². The molecule has 2 aromatic rings. The second-order valence-corrected chi connectivity index (χ2v) is 4.60. The summed E-state index contributed by atoms with van der Waals surface area (Å²) in [5, 5.41) is 2.79. The number of rotatable bonds is 5. The number of hydrogen-bond acceptors (Lipinski definition) is 3. The van der Waals surface area contributed by atoms with Gasteiger partial charge in [0.2, 0.25) is 6.10 Å². The Morgan fingerprint density at radius 3 is 2.14 bits per heavy atom. The summed E-state index contributed by atoms with van der Waals surface area (Å²) in [6.07, 6.45) is -0.924. The molecule has 1 N–H and O–H groups in total. The third-order valence-corrected chi connectivity index (χ3v) is 2.93. The van der Waals surface area contributed by atoms with E-state index in [4.69, 9.17) is 4.74 Å². The van der Waals surface area contributed by atoms with E-state index in [0.717, 1.165) is 5.56 Å². The third kappa shape index (κ3) is 4.45. The summed E-state index contributed by atoms with van der Waals surface area (Å²) in [6.45, 7) is 1.69. The molecule has 1 amide bonds. The van der Waals surface area contributed by atoms with Crippen LogP contribution in [0.15, 0.2) is 60.7 Å². The average molecular weight is 283 g/mol. The van der Waals surface area contributed by atoms with Gasteiger partial charge in [0.1, 0.15) is 0 Å². The fraction of sp³-hybridized carbons (Fsp3) is 0.176. The molecule has 0 saturated heterocycles. The first-order valence-corrected chi connectivity index (χ1v) is 6.70. The topological polar surface area (TPSA) is 55.4 Å². The summed E-state index contributed by atoms with van der Waals surface area (Å²) in [5.74, 6) is -0.820. The molecule has 0 saturated carbocycles. The maximum atomic E-state index is 12.3. The first-order valence-electron chi connectivity index (χ1n) is 6.70. The van der Waals surface area contributed by atoms with Crippen LogP contribution in [0.2, 0.25) is 0 Å². The van der Waals surface area contributed by atoms with E-state index in [0.29, 0.717) is 12.1 Å². The second kappa shape index (κ2) is 7.24. The van der Waals surface area contributed by atoms with E-state index in [1.54, 1.807) is 24.3 Å². The summed E-state index contributed by atoms with van der Waals surface area (Å²) < 4.78 is 5.14. The molecule has 1 atom stereocenters. The van der Waals surface area contributed by atoms with Gasteiger partial charge in [0, 0.05) is 19.0 Å². The molecule has 108 valence electrons. The van der Waals surface area contributed by atoms with Crippen LogP contribution in [0.3, 0.4) is 0 Å². The van der Waals surface area contributed by atoms with Crippen molar-refractivity contribution in [1.82, 2.24) is 5.32 Å². The Hall–Kier alpha value is -2.62. The van der Waals surface area contributed by atoms with Crippen LogP contribution >= 0.6 is 0 Å². The molecule has 0 aliphatic heterocycles. The van der Waals surface area contributed by atoms with Gasteiger partial charge in [-0.1, -0.05) is 60.7 Å². The maximum Gasteiger partial charge on any atom is 0.303 e. The van der Waals surface area contributed by atoms with Crippen molar-refractivity contribution >= 4 is 11.9 Å². The third-order valence-electron chi connectivity index (χ3n) is 2.93. The van der Waals surface area contributed by atoms with E-state index in [1.807, 2.05) is 36.4 Å². The molecular weight excluding hydrogens is 266 g/mol. The van der Waals surface area contributed by atoms with E-state index in [2.05, 4.69) is 5.32 Å². The minimum atomic E-state index is -0.924. The molecule has 0 aliphatic carbocycles. The first kappa shape index (κ1) is 14.8. The minimum Gasteiger partial charge on any atom is -0.447 e. The van der Waals surface area contributed by atoms with Gasteiger partial charge in [0.05, 0.1) is 0 Å². The molecule has 2 aromatic carbocycles. The quantitative estimate of drug-likeness (QED) is 0.858. The van der Waals surface area contributed by atoms with Gasteiger partial charge in [0.15, 0.2) is 0 Å². The fourth-order valence-corrected chi connectivity index (χ4v) is 1.94. The number of nitrogens with one attached hydrogen (secondary N) is 1. The monoisotopic (exact) mass is 283 g/mol. The van der Waals surface area contributed by atoms with Crippen molar-refractivity contribution in [3.8, 4) is 0 Å². The predicted molar refractivity (Wildman–Crippen MR) is 79.2 cm³/mol. The summed E-state index contributed by atoms with van der Waals surface area (Å²) in [5.41, 5.74) is 1.64. The zero-order valence-electron chi connectivity index (χ0n) is 11.8. The minimum absolute atomic E-state index is 0.333. The number of ether oxygens (including phenoxy) is 1. The number of amides is 1. The van der Waals surface area contributed by atoms with Crippen molar-refractivity contribution in [2.24, 2.45) is 0 Å². The van der Waals surface area contributed by atoms with Gasteiger partial charge in [-0.15, -0.1) is 0 Å². The molecule has 0 radical (unpaired) electrons. The molecule has 21 heavy (non-hydrogen) atoms. The van der Waals surface area contributed by atoms with Crippen molar-refractivity contribution in [3.63, 3.8) is 0 Å². The standard InChI is InChI=1S/C17H17NO3/c1-13(19)21-16(15-10-6-3-7-11-15)17(20)18-12-14-8-4-2-5-9-14/h2-11,16H,12H2,1H3,(H,18,20). The highest BCUT2D eigenvalue weighted by molar-refractivity contribution is 5.84. The molecule has 4 nitrogen and oxygen atoms in total. The van der Waals surface area contributed by atoms with Crippen LogP contribution in [0, 0.1) is 0 Å². The SMILES string of the molecule is CC(=O)OC(C(=O)NCc1ccccc1)c1ccccc1. The van der Waals surface area contributed by atoms with Crippen molar-refractivity contribution < 1.29 is 14.3 Å². The van der Waals surface area contributed by atoms with Crippen molar-refractivity contribution in [2.75, 3.05) is 0 Å². The largest absolute Gasteiger partial charge is 0.447 e. The maximum absolute atomic E-state index is 12.3. The highest BCUT2D eigenvalue weighted by Gasteiger charge is 2.23. The number of carbonyl (C=O) groups is 2. The molecule has 0 aliphatic rings. The fourth-order valence-electron chi connectivity index (χ4n) is 1.94. The van der Waals surface area contributed by atoms with Crippen molar-refractivity contribution in [3.05, 3.63) is 71.8 Å². The van der Waals surface area contributed by atoms with Crippen LogP contribution in [-0.2, 0) is 20.9 Å². The Morgan fingerprint density at radius 2 is 1.57 bits per heavy atom. The normalized spacial score (nSPS) is 11.5. The summed E-state index contributed by atoms with van der Waals surface area (Å²) in [7, 11) is 0. The van der Waals surface area contributed by atoms with Gasteiger partial charge in [-0.25, -0.2) is 0 Å². The van der Waals surface area contributed by atoms with Crippen molar-refractivity contribution in [2.45, 2.75) is 19.6 Å². The Bertz CT molecular complexity index is 596. The van der Waals surface area contributed by atoms with E-state index >= 15 is 0 Å². The van der Waals surface area contributed by atoms with Crippen LogP contribution in [0.4, 0.5) is 0 Å². The van der Waals surface area contributed by atoms with Gasteiger partial charge in [-0.05, 0) is 5.56 Å². The smallest absolute Gasteiger partial charge is 0.303 e. The Morgan fingerprint density at radius 1 is 1.00 bits per heavy atom. The number of hydrogen-bond donors (Lipinski definition) is 1. The molecule has 0 aromatic heterocycles. The number of benzene rings is 2. The lowest BCUT2D eigenvalue weighted by Gasteiger charge is -2.17. The molecule has 0 bridgehead atoms. The molecule has 1 unspecified atom stereocenters. The van der Waals surface area contributed by atoms with Crippen LogP contribution < -0.4 is 5.32 Å². The molecule has 2 rings (SSSR count). The lowest BCUT2D eigenvalue weighted by atomic mass is 10.1. The lowest BCUT2D eigenvalue weighted by molar-refractivity contribution is -0.154. The van der Waals surface area contributed by atoms with E-state index in [-0.39, 0.29) is 5.91 Å². The molecular formula is C17H17NO3. The summed E-state index contributed by atoms with van der Waals surface area (Å²) >= 11 is 0. The number of carbonyl (C=O) groups excluding carboxylic acids is 2. The van der Waals surface area contributed by atoms with Crippen LogP contribution in [0.1, 0.15) is 24.2 Å².